The molecule has 4 aliphatic rings. The normalized spacial score (nSPS) is 16.4. The largest absolute Gasteiger partial charge is 0.444 e. The SMILES string of the molecule is CC(C)(C)OC(=O)Nc1ccc(-c2cccs2)cc1CC(=O)c1cc(C2CC2)c2c(ccn2CCN2CCOCC2)c1.Nc1ccc(-c2cccs2)cc1CC(=O)c1cc(C2CC2)c2c(ccn2CCN2CCOCC2)c1. The van der Waals surface area contributed by atoms with Crippen molar-refractivity contribution >= 4 is 73.5 Å². The summed E-state index contributed by atoms with van der Waals surface area (Å²) in [6.07, 6.45) is 9.05. The molecule has 4 fully saturated rings. The van der Waals surface area contributed by atoms with Crippen molar-refractivity contribution in [2.24, 2.45) is 0 Å². The number of thiophene rings is 2. The average molecular weight is 1070 g/mol. The number of amides is 1. The Balaban J connectivity index is 0.000000166. The molecule has 4 aromatic heterocycles. The topological polar surface area (TPSA) is 133 Å². The Morgan fingerprint density at radius 2 is 1.09 bits per heavy atom. The third kappa shape index (κ3) is 13.0. The lowest BCUT2D eigenvalue weighted by molar-refractivity contribution is 0.0365. The Morgan fingerprint density at radius 1 is 0.610 bits per heavy atom. The number of morpholine rings is 2. The quantitative estimate of drug-likeness (QED) is 0.0675. The number of rotatable bonds is 17. The van der Waals surface area contributed by atoms with Crippen LogP contribution in [0.15, 0.2) is 120 Å². The molecule has 0 spiro atoms. The highest BCUT2D eigenvalue weighted by atomic mass is 32.1. The molecule has 0 radical (unpaired) electrons. The number of nitrogens with two attached hydrogens (primary N) is 1. The Bertz CT molecular complexity index is 3370. The van der Waals surface area contributed by atoms with Crippen molar-refractivity contribution in [2.45, 2.75) is 89.8 Å². The predicted molar refractivity (Wildman–Crippen MR) is 312 cm³/mol. The van der Waals surface area contributed by atoms with Crippen LogP contribution in [0, 0.1) is 0 Å². The molecule has 1 amide bonds. The molecule has 12 nitrogen and oxygen atoms in total. The van der Waals surface area contributed by atoms with E-state index in [2.05, 4.69) is 90.6 Å². The summed E-state index contributed by atoms with van der Waals surface area (Å²) in [5.41, 5.74) is 17.4. The van der Waals surface area contributed by atoms with Gasteiger partial charge in [-0.3, -0.25) is 24.7 Å². The Kier molecular flexibility index (Phi) is 15.9. The molecular weight excluding hydrogens is 1000 g/mol. The van der Waals surface area contributed by atoms with E-state index >= 15 is 0 Å². The number of carbonyl (C=O) groups is 3. The highest BCUT2D eigenvalue weighted by Crippen LogP contribution is 2.45. The second-order valence-corrected chi connectivity index (χ2v) is 23.9. The van der Waals surface area contributed by atoms with Crippen molar-refractivity contribution in [1.82, 2.24) is 18.9 Å². The number of carbonyl (C=O) groups excluding carboxylic acids is 3. The third-order valence-corrected chi connectivity index (χ3v) is 17.0. The maximum Gasteiger partial charge on any atom is 0.412 e. The average Bonchev–Trinajstić information content (AvgIpc) is 4.27. The molecule has 8 aromatic rings. The number of fused-ring (bicyclic) bond motifs is 2. The first kappa shape index (κ1) is 52.7. The van der Waals surface area contributed by atoms with Crippen LogP contribution >= 0.6 is 22.7 Å². The number of nitrogens with zero attached hydrogens (tertiary/aromatic N) is 4. The fourth-order valence-electron chi connectivity index (χ4n) is 10.8. The monoisotopic (exact) mass is 1070 g/mol. The second kappa shape index (κ2) is 23.3. The molecule has 2 aliphatic heterocycles. The summed E-state index contributed by atoms with van der Waals surface area (Å²) in [7, 11) is 0. The van der Waals surface area contributed by atoms with Gasteiger partial charge in [0.2, 0.25) is 0 Å². The first-order valence-electron chi connectivity index (χ1n) is 27.4. The summed E-state index contributed by atoms with van der Waals surface area (Å²) < 4.78 is 21.2. The fraction of sp³-hybridized carbons (Fsp3) is 0.381. The zero-order chi connectivity index (χ0) is 53.0. The number of nitrogen functional groups attached to an aromatic ring is 1. The van der Waals surface area contributed by atoms with E-state index in [-0.39, 0.29) is 18.0 Å². The first-order chi connectivity index (χ1) is 37.4. The minimum atomic E-state index is -0.621. The molecule has 2 saturated heterocycles. The van der Waals surface area contributed by atoms with Crippen molar-refractivity contribution in [1.29, 1.82) is 0 Å². The van der Waals surface area contributed by atoms with Crippen LogP contribution in [0.5, 0.6) is 0 Å². The summed E-state index contributed by atoms with van der Waals surface area (Å²) in [5.74, 6) is 1.23. The van der Waals surface area contributed by atoms with Gasteiger partial charge in [0, 0.05) is 121 Å². The number of hydrogen-bond acceptors (Lipinski definition) is 11. The number of ether oxygens (including phenoxy) is 3. The van der Waals surface area contributed by atoms with Crippen molar-refractivity contribution < 1.29 is 28.6 Å². The molecule has 6 heterocycles. The van der Waals surface area contributed by atoms with E-state index in [4.69, 9.17) is 19.9 Å². The lowest BCUT2D eigenvalue weighted by Gasteiger charge is -2.26. The van der Waals surface area contributed by atoms with Crippen LogP contribution in [0.1, 0.15) is 101 Å². The van der Waals surface area contributed by atoms with Gasteiger partial charge in [-0.05, 0) is 175 Å². The zero-order valence-electron chi connectivity index (χ0n) is 44.6. The van der Waals surface area contributed by atoms with Crippen LogP contribution in [-0.4, -0.2) is 108 Å². The zero-order valence-corrected chi connectivity index (χ0v) is 46.2. The van der Waals surface area contributed by atoms with Crippen LogP contribution in [0.2, 0.25) is 0 Å². The number of ketones is 2. The van der Waals surface area contributed by atoms with Gasteiger partial charge in [-0.25, -0.2) is 4.79 Å². The maximum atomic E-state index is 13.9. The summed E-state index contributed by atoms with van der Waals surface area (Å²) in [6.45, 7) is 16.6. The van der Waals surface area contributed by atoms with Gasteiger partial charge in [-0.15, -0.1) is 22.7 Å². The van der Waals surface area contributed by atoms with E-state index in [0.29, 0.717) is 29.6 Å². The molecule has 14 heteroatoms. The van der Waals surface area contributed by atoms with Crippen molar-refractivity contribution in [3.05, 3.63) is 154 Å². The number of anilines is 2. The van der Waals surface area contributed by atoms with E-state index in [1.165, 1.54) is 45.3 Å². The third-order valence-electron chi connectivity index (χ3n) is 15.2. The first-order valence-corrected chi connectivity index (χ1v) is 29.2. The van der Waals surface area contributed by atoms with E-state index in [1.807, 2.05) is 74.7 Å². The number of aromatic nitrogens is 2. The smallest absolute Gasteiger partial charge is 0.412 e. The molecule has 0 unspecified atom stereocenters. The molecule has 0 bridgehead atoms. The Morgan fingerprint density at radius 3 is 1.56 bits per heavy atom. The molecule has 400 valence electrons. The van der Waals surface area contributed by atoms with Gasteiger partial charge in [-0.1, -0.05) is 24.3 Å². The van der Waals surface area contributed by atoms with Crippen LogP contribution in [0.3, 0.4) is 0 Å². The fourth-order valence-corrected chi connectivity index (χ4v) is 12.2. The molecule has 3 N–H and O–H groups in total. The van der Waals surface area contributed by atoms with Crippen LogP contribution < -0.4 is 11.1 Å². The van der Waals surface area contributed by atoms with Gasteiger partial charge in [0.1, 0.15) is 5.60 Å². The molecule has 77 heavy (non-hydrogen) atoms. The van der Waals surface area contributed by atoms with Crippen molar-refractivity contribution in [3.63, 3.8) is 0 Å². The van der Waals surface area contributed by atoms with Crippen LogP contribution in [-0.2, 0) is 40.1 Å². The number of nitrogens with one attached hydrogen (secondary N) is 1. The molecule has 4 aromatic carbocycles. The van der Waals surface area contributed by atoms with Gasteiger partial charge in [-0.2, -0.15) is 0 Å². The van der Waals surface area contributed by atoms with Gasteiger partial charge in [0.25, 0.3) is 0 Å². The van der Waals surface area contributed by atoms with E-state index in [1.54, 1.807) is 22.7 Å². The predicted octanol–water partition coefficient (Wildman–Crippen LogP) is 12.9. The Hall–Kier alpha value is -6.39. The van der Waals surface area contributed by atoms with E-state index in [9.17, 15) is 14.4 Å². The maximum absolute atomic E-state index is 13.9. The summed E-state index contributed by atoms with van der Waals surface area (Å²) >= 11 is 3.35. The minimum Gasteiger partial charge on any atom is -0.444 e. The van der Waals surface area contributed by atoms with Crippen LogP contribution in [0.4, 0.5) is 16.2 Å². The molecular formula is C63H70N6O6S2. The second-order valence-electron chi connectivity index (χ2n) is 22.0. The van der Waals surface area contributed by atoms with Crippen molar-refractivity contribution in [3.8, 4) is 20.9 Å². The molecule has 2 aliphatic carbocycles. The summed E-state index contributed by atoms with van der Waals surface area (Å²) in [4.78, 5) is 47.2. The lowest BCUT2D eigenvalue weighted by atomic mass is 9.95. The highest BCUT2D eigenvalue weighted by Gasteiger charge is 2.30. The van der Waals surface area contributed by atoms with Gasteiger partial charge >= 0.3 is 6.09 Å². The number of hydrogen-bond donors (Lipinski definition) is 2. The molecule has 12 rings (SSSR count). The van der Waals surface area contributed by atoms with E-state index in [0.717, 1.165) is 135 Å². The highest BCUT2D eigenvalue weighted by molar-refractivity contribution is 7.13. The number of benzene rings is 4. The standard InChI is InChI=1S/C34H39N3O4S.C29H31N3O2S/c1-34(2,3)41-33(39)35-29-9-8-24(31-5-4-18-42-31)19-26(29)22-30(38)27-20-25-10-11-37(13-12-36-14-16-40-17-15-36)32(25)28(21-27)23-6-7-23;30-26-6-5-21(28-2-1-15-35-28)16-23(26)19-27(33)24-17-22-7-8-32(10-9-31-11-13-34-14-12-31)29(22)25(18-24)20-3-4-20/h4-5,8-11,18-21,23H,6-7,12-17,22H2,1-3H3,(H,35,39);1-2,5-8,15-18,20H,3-4,9-14,19,30H2. The van der Waals surface area contributed by atoms with Crippen molar-refractivity contribution in [2.75, 3.05) is 76.7 Å². The van der Waals surface area contributed by atoms with E-state index < -0.39 is 11.7 Å². The lowest BCUT2D eigenvalue weighted by Crippen LogP contribution is -2.38. The minimum absolute atomic E-state index is 0.0374. The molecule has 0 atom stereocenters. The van der Waals surface area contributed by atoms with Gasteiger partial charge < -0.3 is 29.1 Å². The summed E-state index contributed by atoms with van der Waals surface area (Å²) in [6, 6.07) is 32.8. The van der Waals surface area contributed by atoms with Crippen LogP contribution in [0.25, 0.3) is 42.7 Å². The Labute approximate surface area is 459 Å². The van der Waals surface area contributed by atoms with Gasteiger partial charge in [0.15, 0.2) is 11.6 Å². The summed E-state index contributed by atoms with van der Waals surface area (Å²) in [5, 5.41) is 9.27. The van der Waals surface area contributed by atoms with Gasteiger partial charge in [0.05, 0.1) is 37.5 Å². The molecule has 2 saturated carbocycles. The number of Topliss-reactive ketones (excluding diaryl/α,β-unsaturated/α-hetero) is 2.